The van der Waals surface area contributed by atoms with Gasteiger partial charge in [0.05, 0.1) is 25.9 Å². The van der Waals surface area contributed by atoms with Crippen molar-refractivity contribution in [3.8, 4) is 11.5 Å². The Bertz CT molecular complexity index is 928. The number of anilines is 1. The fraction of sp³-hybridized carbons (Fsp3) is 0.292. The summed E-state index contributed by atoms with van der Waals surface area (Å²) < 4.78 is 16.4. The van der Waals surface area contributed by atoms with E-state index < -0.39 is 0 Å². The monoisotopic (exact) mass is 393 g/mol. The van der Waals surface area contributed by atoms with E-state index in [-0.39, 0.29) is 18.0 Å². The summed E-state index contributed by atoms with van der Waals surface area (Å²) in [5, 5.41) is 0. The zero-order valence-electron chi connectivity index (χ0n) is 17.5. The Kier molecular flexibility index (Phi) is 6.27. The minimum Gasteiger partial charge on any atom is -0.497 e. The Balaban J connectivity index is 2.08. The minimum absolute atomic E-state index is 0.207. The van der Waals surface area contributed by atoms with Gasteiger partial charge in [0.15, 0.2) is 0 Å². The molecule has 1 aliphatic heterocycles. The van der Waals surface area contributed by atoms with Crippen LogP contribution < -0.4 is 14.4 Å². The Labute approximate surface area is 172 Å². The number of allylic oxidation sites excluding steroid dienone is 2. The van der Waals surface area contributed by atoms with Crippen LogP contribution in [0, 0.1) is 0 Å². The van der Waals surface area contributed by atoms with Crippen molar-refractivity contribution >= 4 is 11.7 Å². The van der Waals surface area contributed by atoms with Gasteiger partial charge in [-0.05, 0) is 51.1 Å². The lowest BCUT2D eigenvalue weighted by atomic mass is 9.86. The van der Waals surface area contributed by atoms with Crippen molar-refractivity contribution in [2.45, 2.75) is 32.8 Å². The predicted octanol–water partition coefficient (Wildman–Crippen LogP) is 5.05. The molecule has 5 heteroatoms. The summed E-state index contributed by atoms with van der Waals surface area (Å²) in [7, 11) is 3.27. The molecule has 1 atom stereocenters. The average molecular weight is 393 g/mol. The molecule has 3 rings (SSSR count). The molecule has 29 heavy (non-hydrogen) atoms. The molecule has 0 bridgehead atoms. The van der Waals surface area contributed by atoms with E-state index in [1.54, 1.807) is 14.2 Å². The first-order chi connectivity index (χ1) is 14.0. The molecule has 0 N–H and O–H groups in total. The molecular weight excluding hydrogens is 366 g/mol. The van der Waals surface area contributed by atoms with Gasteiger partial charge in [0.25, 0.3) is 0 Å². The van der Waals surface area contributed by atoms with Crippen LogP contribution in [0.3, 0.4) is 0 Å². The van der Waals surface area contributed by atoms with Gasteiger partial charge < -0.3 is 19.1 Å². The molecule has 1 heterocycles. The molecular formula is C24H27NO4. The largest absolute Gasteiger partial charge is 0.497 e. The van der Waals surface area contributed by atoms with Crippen LogP contribution in [0.1, 0.15) is 32.3 Å². The smallest absolute Gasteiger partial charge is 0.337 e. The number of hydrogen-bond acceptors (Lipinski definition) is 5. The minimum atomic E-state index is -0.323. The van der Waals surface area contributed by atoms with Gasteiger partial charge in [-0.25, -0.2) is 4.79 Å². The molecule has 0 unspecified atom stereocenters. The highest BCUT2D eigenvalue weighted by molar-refractivity contribution is 5.93. The van der Waals surface area contributed by atoms with Gasteiger partial charge >= 0.3 is 5.97 Å². The predicted molar refractivity (Wildman–Crippen MR) is 114 cm³/mol. The van der Waals surface area contributed by atoms with Crippen LogP contribution in [-0.4, -0.2) is 26.3 Å². The zero-order valence-corrected chi connectivity index (χ0v) is 17.5. The second kappa shape index (κ2) is 8.86. The Morgan fingerprint density at radius 1 is 1.00 bits per heavy atom. The van der Waals surface area contributed by atoms with Gasteiger partial charge in [-0.1, -0.05) is 24.3 Å². The van der Waals surface area contributed by atoms with Crippen LogP contribution in [0.15, 0.2) is 72.1 Å². The van der Waals surface area contributed by atoms with Crippen molar-refractivity contribution in [2.24, 2.45) is 0 Å². The second-order valence-corrected chi connectivity index (χ2v) is 7.08. The fourth-order valence-electron chi connectivity index (χ4n) is 3.49. The summed E-state index contributed by atoms with van der Waals surface area (Å²) in [5.74, 6) is 0.938. The highest BCUT2D eigenvalue weighted by atomic mass is 16.5. The van der Waals surface area contributed by atoms with E-state index in [9.17, 15) is 4.79 Å². The quantitative estimate of drug-likeness (QED) is 0.643. The summed E-state index contributed by atoms with van der Waals surface area (Å²) in [6.07, 6.45) is 3.79. The summed E-state index contributed by atoms with van der Waals surface area (Å²) >= 11 is 0. The van der Waals surface area contributed by atoms with E-state index in [0.717, 1.165) is 28.4 Å². The third kappa shape index (κ3) is 4.29. The van der Waals surface area contributed by atoms with Gasteiger partial charge in [0.2, 0.25) is 0 Å². The van der Waals surface area contributed by atoms with Gasteiger partial charge in [0, 0.05) is 29.1 Å². The van der Waals surface area contributed by atoms with E-state index in [1.165, 1.54) is 0 Å². The number of hydrogen-bond donors (Lipinski definition) is 0. The lowest BCUT2D eigenvalue weighted by Crippen LogP contribution is -2.28. The second-order valence-electron chi connectivity index (χ2n) is 7.08. The van der Waals surface area contributed by atoms with Gasteiger partial charge in [-0.15, -0.1) is 0 Å². The van der Waals surface area contributed by atoms with Crippen molar-refractivity contribution < 1.29 is 19.0 Å². The number of ether oxygens (including phenoxy) is 3. The maximum atomic E-state index is 13.1. The van der Waals surface area contributed by atoms with Crippen LogP contribution in [-0.2, 0) is 9.53 Å². The van der Waals surface area contributed by atoms with E-state index >= 15 is 0 Å². The summed E-state index contributed by atoms with van der Waals surface area (Å²) in [4.78, 5) is 15.1. The topological polar surface area (TPSA) is 48.0 Å². The standard InChI is InChI=1S/C24H27NO4/c1-16(2)29-24(26)23-17(3)25(18-10-12-19(27-4)13-11-18)15-14-21(23)20-8-6-7-9-22(20)28-5/h6-16,21H,1-5H3/t21-/m1/s1. The molecule has 0 aromatic heterocycles. The molecule has 5 nitrogen and oxygen atoms in total. The number of carbonyl (C=O) groups is 1. The van der Waals surface area contributed by atoms with Crippen molar-refractivity contribution in [1.29, 1.82) is 0 Å². The Morgan fingerprint density at radius 2 is 1.69 bits per heavy atom. The van der Waals surface area contributed by atoms with Gasteiger partial charge in [-0.2, -0.15) is 0 Å². The molecule has 0 fully saturated rings. The van der Waals surface area contributed by atoms with Crippen molar-refractivity contribution in [3.63, 3.8) is 0 Å². The number of para-hydroxylation sites is 1. The third-order valence-electron chi connectivity index (χ3n) is 4.88. The molecule has 1 aliphatic rings. The number of methoxy groups -OCH3 is 2. The molecule has 2 aromatic carbocycles. The lowest BCUT2D eigenvalue weighted by Gasteiger charge is -2.32. The first-order valence-corrected chi connectivity index (χ1v) is 9.62. The average Bonchev–Trinajstić information content (AvgIpc) is 2.73. The van der Waals surface area contributed by atoms with Crippen LogP contribution >= 0.6 is 0 Å². The number of nitrogens with zero attached hydrogens (tertiary/aromatic N) is 1. The highest BCUT2D eigenvalue weighted by Crippen LogP contribution is 2.40. The number of carbonyl (C=O) groups excluding carboxylic acids is 1. The molecule has 0 saturated carbocycles. The number of rotatable bonds is 6. The molecule has 0 saturated heterocycles. The normalized spacial score (nSPS) is 16.2. The van der Waals surface area contributed by atoms with Crippen molar-refractivity contribution in [2.75, 3.05) is 19.1 Å². The van der Waals surface area contributed by atoms with E-state index in [0.29, 0.717) is 5.57 Å². The SMILES string of the molecule is COc1ccc(N2C=C[C@H](c3ccccc3OC)C(C(=O)OC(C)C)=C2C)cc1. The Hall–Kier alpha value is -3.21. The highest BCUT2D eigenvalue weighted by Gasteiger charge is 2.32. The van der Waals surface area contributed by atoms with E-state index in [1.807, 2.05) is 86.5 Å². The summed E-state index contributed by atoms with van der Waals surface area (Å²) in [5.41, 5.74) is 3.28. The zero-order chi connectivity index (χ0) is 21.0. The molecule has 0 radical (unpaired) electrons. The first-order valence-electron chi connectivity index (χ1n) is 9.62. The van der Waals surface area contributed by atoms with E-state index in [4.69, 9.17) is 14.2 Å². The number of benzene rings is 2. The summed E-state index contributed by atoms with van der Waals surface area (Å²) in [6.45, 7) is 5.64. The maximum Gasteiger partial charge on any atom is 0.337 e. The Morgan fingerprint density at radius 3 is 2.31 bits per heavy atom. The molecule has 0 amide bonds. The van der Waals surface area contributed by atoms with Crippen LogP contribution in [0.4, 0.5) is 5.69 Å². The van der Waals surface area contributed by atoms with Gasteiger partial charge in [-0.3, -0.25) is 0 Å². The van der Waals surface area contributed by atoms with E-state index in [2.05, 4.69) is 0 Å². The first kappa shape index (κ1) is 20.5. The third-order valence-corrected chi connectivity index (χ3v) is 4.88. The molecule has 152 valence electrons. The molecule has 0 aliphatic carbocycles. The summed E-state index contributed by atoms with van der Waals surface area (Å²) in [6, 6.07) is 15.5. The fourth-order valence-corrected chi connectivity index (χ4v) is 3.49. The number of esters is 1. The van der Waals surface area contributed by atoms with Crippen LogP contribution in [0.2, 0.25) is 0 Å². The molecule has 0 spiro atoms. The van der Waals surface area contributed by atoms with Crippen molar-refractivity contribution in [1.82, 2.24) is 0 Å². The maximum absolute atomic E-state index is 13.1. The van der Waals surface area contributed by atoms with Crippen LogP contribution in [0.5, 0.6) is 11.5 Å². The molecule has 2 aromatic rings. The van der Waals surface area contributed by atoms with Crippen LogP contribution in [0.25, 0.3) is 0 Å². The van der Waals surface area contributed by atoms with Crippen molar-refractivity contribution in [3.05, 3.63) is 77.6 Å². The van der Waals surface area contributed by atoms with Gasteiger partial charge in [0.1, 0.15) is 11.5 Å². The lowest BCUT2D eigenvalue weighted by molar-refractivity contribution is -0.142.